The van der Waals surface area contributed by atoms with Crippen molar-refractivity contribution in [2.45, 2.75) is 18.9 Å². The Bertz CT molecular complexity index is 631. The van der Waals surface area contributed by atoms with E-state index in [1.54, 1.807) is 14.2 Å². The number of amides is 1. The highest BCUT2D eigenvalue weighted by molar-refractivity contribution is 5.91. The van der Waals surface area contributed by atoms with E-state index in [1.807, 2.05) is 24.3 Å². The average molecular weight is 288 g/mol. The Kier molecular flexibility index (Phi) is 3.62. The van der Waals surface area contributed by atoms with Gasteiger partial charge < -0.3 is 9.15 Å². The summed E-state index contributed by atoms with van der Waals surface area (Å²) >= 11 is 0. The number of hydrogen-bond donors (Lipinski definition) is 0. The zero-order chi connectivity index (χ0) is 14.8. The van der Waals surface area contributed by atoms with Crippen LogP contribution in [0.4, 0.5) is 0 Å². The molecule has 0 atom stereocenters. The van der Waals surface area contributed by atoms with Crippen LogP contribution in [-0.2, 0) is 4.84 Å². The number of oxazole rings is 1. The topological polar surface area (TPSA) is 64.8 Å². The molecule has 21 heavy (non-hydrogen) atoms. The first-order valence-corrected chi connectivity index (χ1v) is 6.72. The summed E-state index contributed by atoms with van der Waals surface area (Å²) in [6, 6.07) is 7.26. The van der Waals surface area contributed by atoms with Gasteiger partial charge in [0.05, 0.1) is 13.2 Å². The molecule has 1 heterocycles. The van der Waals surface area contributed by atoms with Gasteiger partial charge in [-0.3, -0.25) is 9.63 Å². The van der Waals surface area contributed by atoms with E-state index < -0.39 is 0 Å². The molecule has 0 spiro atoms. The van der Waals surface area contributed by atoms with Gasteiger partial charge in [-0.05, 0) is 37.1 Å². The molecule has 1 amide bonds. The number of carbonyl (C=O) groups excluding carboxylic acids is 1. The Labute approximate surface area is 122 Å². The average Bonchev–Trinajstić information content (AvgIpc) is 3.19. The second-order valence-electron chi connectivity index (χ2n) is 4.87. The van der Waals surface area contributed by atoms with Gasteiger partial charge in [0.25, 0.3) is 5.91 Å². The summed E-state index contributed by atoms with van der Waals surface area (Å²) in [7, 11) is 3.19. The van der Waals surface area contributed by atoms with E-state index in [0.717, 1.165) is 24.2 Å². The van der Waals surface area contributed by atoms with Crippen LogP contribution in [0, 0.1) is 0 Å². The normalized spacial score (nSPS) is 14.0. The maximum absolute atomic E-state index is 12.1. The maximum atomic E-state index is 12.1. The number of ether oxygens (including phenoxy) is 1. The van der Waals surface area contributed by atoms with Gasteiger partial charge in [-0.2, -0.15) is 0 Å². The van der Waals surface area contributed by atoms with Crippen LogP contribution in [0.5, 0.6) is 5.75 Å². The third kappa shape index (κ3) is 3.05. The summed E-state index contributed by atoms with van der Waals surface area (Å²) in [5, 5.41) is 1.22. The molecule has 1 fully saturated rings. The molecule has 1 aromatic carbocycles. The van der Waals surface area contributed by atoms with Crippen molar-refractivity contribution >= 4 is 5.91 Å². The van der Waals surface area contributed by atoms with E-state index in [0.29, 0.717) is 5.89 Å². The number of methoxy groups -OCH3 is 1. The number of rotatable bonds is 5. The van der Waals surface area contributed by atoms with E-state index in [9.17, 15) is 4.79 Å². The van der Waals surface area contributed by atoms with E-state index in [2.05, 4.69) is 4.98 Å². The van der Waals surface area contributed by atoms with E-state index in [1.165, 1.54) is 11.3 Å². The van der Waals surface area contributed by atoms with E-state index in [-0.39, 0.29) is 17.7 Å². The minimum absolute atomic E-state index is 0.159. The Morgan fingerprint density at radius 2 is 2.05 bits per heavy atom. The van der Waals surface area contributed by atoms with Crippen LogP contribution >= 0.6 is 0 Å². The number of aromatic nitrogens is 1. The van der Waals surface area contributed by atoms with Gasteiger partial charge in [0, 0.05) is 12.6 Å². The third-order valence-electron chi connectivity index (χ3n) is 3.18. The summed E-state index contributed by atoms with van der Waals surface area (Å²) in [5.41, 5.74) is 1.00. The lowest BCUT2D eigenvalue weighted by molar-refractivity contribution is -0.116. The van der Waals surface area contributed by atoms with Crippen molar-refractivity contribution in [2.75, 3.05) is 14.2 Å². The van der Waals surface area contributed by atoms with Gasteiger partial charge in [0.15, 0.2) is 5.69 Å². The van der Waals surface area contributed by atoms with Crippen LogP contribution in [0.25, 0.3) is 11.5 Å². The summed E-state index contributed by atoms with van der Waals surface area (Å²) in [6.45, 7) is 0. The quantitative estimate of drug-likeness (QED) is 0.791. The van der Waals surface area contributed by atoms with Crippen LogP contribution in [0.2, 0.25) is 0 Å². The molecule has 0 aliphatic heterocycles. The Morgan fingerprint density at radius 3 is 2.67 bits per heavy atom. The van der Waals surface area contributed by atoms with E-state index >= 15 is 0 Å². The predicted molar refractivity (Wildman–Crippen MR) is 74.7 cm³/mol. The number of hydrogen-bond acceptors (Lipinski definition) is 5. The zero-order valence-electron chi connectivity index (χ0n) is 11.9. The SMILES string of the molecule is COc1ccc(-c2nc(C(=O)N(C)OC3CC3)co2)cc1. The van der Waals surface area contributed by atoms with Crippen molar-refractivity contribution < 1.29 is 18.8 Å². The third-order valence-corrected chi connectivity index (χ3v) is 3.18. The molecule has 1 aliphatic rings. The van der Waals surface area contributed by atoms with Crippen LogP contribution < -0.4 is 4.74 Å². The Morgan fingerprint density at radius 1 is 1.33 bits per heavy atom. The lowest BCUT2D eigenvalue weighted by Gasteiger charge is -2.14. The van der Waals surface area contributed by atoms with Crippen molar-refractivity contribution in [2.24, 2.45) is 0 Å². The van der Waals surface area contributed by atoms with Crippen molar-refractivity contribution in [1.29, 1.82) is 0 Å². The molecule has 1 saturated carbocycles. The molecule has 0 saturated heterocycles. The molecule has 1 aliphatic carbocycles. The van der Waals surface area contributed by atoms with Gasteiger partial charge in [-0.15, -0.1) is 0 Å². The van der Waals surface area contributed by atoms with Crippen LogP contribution in [0.15, 0.2) is 34.9 Å². The Balaban J connectivity index is 1.73. The highest BCUT2D eigenvalue weighted by atomic mass is 16.7. The highest BCUT2D eigenvalue weighted by Crippen LogP contribution is 2.25. The standard InChI is InChI=1S/C15H16N2O4/c1-17(21-12-7-8-12)15(18)13-9-20-14(16-13)10-3-5-11(19-2)6-4-10/h3-6,9,12H,7-8H2,1-2H3. The Hall–Kier alpha value is -2.34. The van der Waals surface area contributed by atoms with Gasteiger partial charge >= 0.3 is 0 Å². The van der Waals surface area contributed by atoms with Crippen molar-refractivity contribution in [3.05, 3.63) is 36.2 Å². The zero-order valence-corrected chi connectivity index (χ0v) is 11.9. The number of hydroxylamine groups is 2. The van der Waals surface area contributed by atoms with Crippen molar-refractivity contribution in [3.63, 3.8) is 0 Å². The van der Waals surface area contributed by atoms with Gasteiger partial charge in [0.1, 0.15) is 12.0 Å². The molecule has 0 bridgehead atoms. The molecule has 1 aromatic heterocycles. The molecule has 110 valence electrons. The summed E-state index contributed by atoms with van der Waals surface area (Å²) in [4.78, 5) is 21.7. The highest BCUT2D eigenvalue weighted by Gasteiger charge is 2.28. The van der Waals surface area contributed by atoms with Gasteiger partial charge in [-0.1, -0.05) is 0 Å². The first kappa shape index (κ1) is 13.6. The minimum Gasteiger partial charge on any atom is -0.497 e. The minimum atomic E-state index is -0.314. The fourth-order valence-corrected chi connectivity index (χ4v) is 1.84. The summed E-state index contributed by atoms with van der Waals surface area (Å²) in [6.07, 6.45) is 3.49. The molecule has 2 aromatic rings. The molecule has 3 rings (SSSR count). The molecule has 0 unspecified atom stereocenters. The number of nitrogens with zero attached hydrogens (tertiary/aromatic N) is 2. The fourth-order valence-electron chi connectivity index (χ4n) is 1.84. The van der Waals surface area contributed by atoms with Gasteiger partial charge in [0.2, 0.25) is 5.89 Å². The van der Waals surface area contributed by atoms with E-state index in [4.69, 9.17) is 14.0 Å². The number of carbonyl (C=O) groups is 1. The molecule has 6 heteroatoms. The van der Waals surface area contributed by atoms with Crippen LogP contribution in [0.3, 0.4) is 0 Å². The molecule has 6 nitrogen and oxygen atoms in total. The molecule has 0 N–H and O–H groups in total. The fraction of sp³-hybridized carbons (Fsp3) is 0.333. The number of benzene rings is 1. The largest absolute Gasteiger partial charge is 0.497 e. The predicted octanol–water partition coefficient (Wildman–Crippen LogP) is 2.52. The molecular weight excluding hydrogens is 272 g/mol. The van der Waals surface area contributed by atoms with Crippen LogP contribution in [-0.4, -0.2) is 36.2 Å². The maximum Gasteiger partial charge on any atom is 0.299 e. The monoisotopic (exact) mass is 288 g/mol. The summed E-state index contributed by atoms with van der Waals surface area (Å²) in [5.74, 6) is 0.824. The molecular formula is C15H16N2O4. The van der Waals surface area contributed by atoms with Crippen molar-refractivity contribution in [3.8, 4) is 17.2 Å². The summed E-state index contributed by atoms with van der Waals surface area (Å²) < 4.78 is 10.5. The lowest BCUT2D eigenvalue weighted by Crippen LogP contribution is -2.28. The first-order chi connectivity index (χ1) is 10.2. The van der Waals surface area contributed by atoms with Crippen molar-refractivity contribution in [1.82, 2.24) is 10.0 Å². The smallest absolute Gasteiger partial charge is 0.299 e. The molecule has 0 radical (unpaired) electrons. The second-order valence-corrected chi connectivity index (χ2v) is 4.87. The van der Waals surface area contributed by atoms with Gasteiger partial charge in [-0.25, -0.2) is 10.0 Å². The first-order valence-electron chi connectivity index (χ1n) is 6.72. The second kappa shape index (κ2) is 5.57. The van der Waals surface area contributed by atoms with Crippen LogP contribution in [0.1, 0.15) is 23.3 Å². The lowest BCUT2D eigenvalue weighted by atomic mass is 10.2.